The van der Waals surface area contributed by atoms with Crippen LogP contribution in [0.25, 0.3) is 33.1 Å². The van der Waals surface area contributed by atoms with Gasteiger partial charge in [0.25, 0.3) is 0 Å². The van der Waals surface area contributed by atoms with E-state index in [9.17, 15) is 0 Å². The number of ether oxygens (including phenoxy) is 5. The largest absolute Gasteiger partial charge is 0.456 e. The van der Waals surface area contributed by atoms with Crippen molar-refractivity contribution in [2.24, 2.45) is 0 Å². The van der Waals surface area contributed by atoms with Crippen LogP contribution in [0.3, 0.4) is 0 Å². The van der Waals surface area contributed by atoms with Gasteiger partial charge in [0, 0.05) is 72.6 Å². The maximum atomic E-state index is 6.84. The third-order valence-corrected chi connectivity index (χ3v) is 7.28. The summed E-state index contributed by atoms with van der Waals surface area (Å²) in [6.45, 7) is 4.88. The van der Waals surface area contributed by atoms with Crippen molar-refractivity contribution in [1.82, 2.24) is 0 Å². The molecule has 2 atom stereocenters. The first-order valence-corrected chi connectivity index (χ1v) is 12.7. The normalized spacial score (nSPS) is 22.2. The van der Waals surface area contributed by atoms with Gasteiger partial charge in [-0.05, 0) is 24.6 Å². The molecule has 0 heterocycles. The van der Waals surface area contributed by atoms with E-state index < -0.39 is 11.6 Å². The first-order chi connectivity index (χ1) is 18.1. The van der Waals surface area contributed by atoms with Crippen LogP contribution < -0.4 is 0 Å². The van der Waals surface area contributed by atoms with Crippen molar-refractivity contribution in [3.05, 3.63) is 107 Å². The summed E-state index contributed by atoms with van der Waals surface area (Å²) >= 11 is 0. The molecule has 6 rings (SSSR count). The Kier molecular flexibility index (Phi) is 5.89. The molecule has 5 heteroatoms. The molecule has 4 aromatic rings. The highest BCUT2D eigenvalue weighted by Crippen LogP contribution is 2.48. The lowest BCUT2D eigenvalue weighted by Gasteiger charge is -2.37. The van der Waals surface area contributed by atoms with Gasteiger partial charge < -0.3 is 23.7 Å². The van der Waals surface area contributed by atoms with Crippen LogP contribution in [0.2, 0.25) is 0 Å². The maximum Gasteiger partial charge on any atom is 0.219 e. The zero-order valence-electron chi connectivity index (χ0n) is 21.5. The Morgan fingerprint density at radius 1 is 0.568 bits per heavy atom. The van der Waals surface area contributed by atoms with Gasteiger partial charge in [0.05, 0.1) is 0 Å². The van der Waals surface area contributed by atoms with Crippen LogP contribution in [0.1, 0.15) is 36.1 Å². The van der Waals surface area contributed by atoms with Crippen molar-refractivity contribution in [3.63, 3.8) is 0 Å². The van der Waals surface area contributed by atoms with Crippen LogP contribution in [0.15, 0.2) is 84.9 Å². The highest BCUT2D eigenvalue weighted by molar-refractivity contribution is 6.01. The lowest BCUT2D eigenvalue weighted by molar-refractivity contribution is -0.193. The third-order valence-electron chi connectivity index (χ3n) is 7.28. The van der Waals surface area contributed by atoms with Crippen LogP contribution in [0, 0.1) is 0 Å². The molecule has 0 amide bonds. The predicted octanol–water partition coefficient (Wildman–Crippen LogP) is 7.09. The zero-order valence-corrected chi connectivity index (χ0v) is 21.5. The minimum absolute atomic E-state index is 0.475. The van der Waals surface area contributed by atoms with Crippen molar-refractivity contribution >= 4 is 33.1 Å². The summed E-state index contributed by atoms with van der Waals surface area (Å²) in [6, 6.07) is 24.8. The average molecular weight is 495 g/mol. The summed E-state index contributed by atoms with van der Waals surface area (Å²) in [6.07, 6.45) is 3.87. The van der Waals surface area contributed by atoms with E-state index in [0.29, 0.717) is 24.7 Å². The molecule has 2 aliphatic carbocycles. The Labute approximate surface area is 216 Å². The molecule has 0 saturated carbocycles. The highest BCUT2D eigenvalue weighted by atomic mass is 16.7. The molecule has 0 fully saturated rings. The summed E-state index contributed by atoms with van der Waals surface area (Å²) in [7, 11) is 3.33. The molecule has 37 heavy (non-hydrogen) atoms. The molecule has 0 bridgehead atoms. The SMILES string of the molecule is CCOC1(OC)C=C(OC2=CC(OC)(OCC)c3cccc4cccc2c34)c2cccc3cccc1c23. The fourth-order valence-corrected chi connectivity index (χ4v) is 5.74. The molecule has 4 aromatic carbocycles. The molecule has 0 aliphatic heterocycles. The molecule has 5 nitrogen and oxygen atoms in total. The summed E-state index contributed by atoms with van der Waals surface area (Å²) in [4.78, 5) is 0. The Balaban J connectivity index is 1.58. The van der Waals surface area contributed by atoms with Gasteiger partial charge in [-0.3, -0.25) is 0 Å². The van der Waals surface area contributed by atoms with Crippen molar-refractivity contribution in [2.75, 3.05) is 27.4 Å². The van der Waals surface area contributed by atoms with Gasteiger partial charge in [-0.2, -0.15) is 0 Å². The van der Waals surface area contributed by atoms with E-state index in [4.69, 9.17) is 23.7 Å². The smallest absolute Gasteiger partial charge is 0.219 e. The molecule has 2 unspecified atom stereocenters. The summed E-state index contributed by atoms with van der Waals surface area (Å²) in [5, 5.41) is 4.29. The van der Waals surface area contributed by atoms with Crippen molar-refractivity contribution in [3.8, 4) is 0 Å². The minimum Gasteiger partial charge on any atom is -0.456 e. The summed E-state index contributed by atoms with van der Waals surface area (Å²) < 4.78 is 31.4. The van der Waals surface area contributed by atoms with Crippen LogP contribution in [-0.2, 0) is 35.3 Å². The average Bonchev–Trinajstić information content (AvgIpc) is 2.94. The molecular formula is C32H30O5. The third kappa shape index (κ3) is 3.54. The van der Waals surface area contributed by atoms with E-state index >= 15 is 0 Å². The van der Waals surface area contributed by atoms with Gasteiger partial charge in [-0.15, -0.1) is 0 Å². The molecule has 0 N–H and O–H groups in total. The van der Waals surface area contributed by atoms with E-state index in [2.05, 4.69) is 48.5 Å². The number of rotatable bonds is 8. The van der Waals surface area contributed by atoms with Gasteiger partial charge in [0.1, 0.15) is 11.5 Å². The Bertz CT molecular complexity index is 1440. The monoisotopic (exact) mass is 494 g/mol. The van der Waals surface area contributed by atoms with E-state index in [0.717, 1.165) is 43.8 Å². The zero-order chi connectivity index (χ0) is 25.6. The Morgan fingerprint density at radius 3 is 1.35 bits per heavy atom. The standard InChI is InChI=1S/C32H30O5/c1-5-35-31(33-3)19-27(23-15-7-11-21-13-9-17-25(31)29(21)23)37-28-20-32(34-4,36-6-2)26-18-10-14-22-12-8-16-24(28)30(22)26/h7-20H,5-6H2,1-4H3. The van der Waals surface area contributed by atoms with Crippen molar-refractivity contribution < 1.29 is 23.7 Å². The van der Waals surface area contributed by atoms with Gasteiger partial charge in [-0.1, -0.05) is 72.8 Å². The first-order valence-electron chi connectivity index (χ1n) is 12.7. The van der Waals surface area contributed by atoms with Gasteiger partial charge in [0.15, 0.2) is 0 Å². The summed E-state index contributed by atoms with van der Waals surface area (Å²) in [5.74, 6) is -0.836. The number of benzene rings is 4. The molecule has 188 valence electrons. The van der Waals surface area contributed by atoms with E-state index in [1.165, 1.54) is 0 Å². The van der Waals surface area contributed by atoms with E-state index in [1.807, 2.05) is 50.3 Å². The lowest BCUT2D eigenvalue weighted by atomic mass is 9.86. The fraction of sp³-hybridized carbons (Fsp3) is 0.250. The Morgan fingerprint density at radius 2 is 0.973 bits per heavy atom. The molecule has 0 spiro atoms. The molecule has 0 saturated heterocycles. The van der Waals surface area contributed by atoms with Gasteiger partial charge in [0.2, 0.25) is 11.6 Å². The Hall–Kier alpha value is -3.48. The van der Waals surface area contributed by atoms with Crippen molar-refractivity contribution in [1.29, 1.82) is 0 Å². The molecule has 2 aliphatic rings. The fourth-order valence-electron chi connectivity index (χ4n) is 5.74. The number of hydrogen-bond acceptors (Lipinski definition) is 5. The first kappa shape index (κ1) is 23.9. The predicted molar refractivity (Wildman–Crippen MR) is 146 cm³/mol. The maximum absolute atomic E-state index is 6.84. The van der Waals surface area contributed by atoms with Gasteiger partial charge >= 0.3 is 0 Å². The number of hydrogen-bond donors (Lipinski definition) is 0. The quantitative estimate of drug-likeness (QED) is 0.245. The molecule has 0 aromatic heterocycles. The molecule has 0 radical (unpaired) electrons. The van der Waals surface area contributed by atoms with E-state index in [-0.39, 0.29) is 0 Å². The highest BCUT2D eigenvalue weighted by Gasteiger charge is 2.41. The second-order valence-electron chi connectivity index (χ2n) is 9.15. The van der Waals surface area contributed by atoms with Crippen molar-refractivity contribution in [2.45, 2.75) is 25.4 Å². The second kappa shape index (κ2) is 9.12. The minimum atomic E-state index is -1.07. The van der Waals surface area contributed by atoms with Gasteiger partial charge in [-0.25, -0.2) is 0 Å². The topological polar surface area (TPSA) is 46.2 Å². The van der Waals surface area contributed by atoms with Crippen LogP contribution >= 0.6 is 0 Å². The van der Waals surface area contributed by atoms with Crippen LogP contribution in [-0.4, -0.2) is 27.4 Å². The lowest BCUT2D eigenvalue weighted by Crippen LogP contribution is -2.34. The van der Waals surface area contributed by atoms with Crippen LogP contribution in [0.5, 0.6) is 0 Å². The van der Waals surface area contributed by atoms with Crippen LogP contribution in [0.4, 0.5) is 0 Å². The number of methoxy groups -OCH3 is 2. The van der Waals surface area contributed by atoms with E-state index in [1.54, 1.807) is 14.2 Å². The summed E-state index contributed by atoms with van der Waals surface area (Å²) in [5.41, 5.74) is 3.88. The second-order valence-corrected chi connectivity index (χ2v) is 9.15. The molecular weight excluding hydrogens is 464 g/mol.